The molecule has 0 aliphatic carbocycles. The number of carbonyl (C=O) groups is 2. The highest BCUT2D eigenvalue weighted by Gasteiger charge is 2.24. The van der Waals surface area contributed by atoms with Crippen LogP contribution >= 0.6 is 0 Å². The van der Waals surface area contributed by atoms with Gasteiger partial charge in [-0.05, 0) is 19.4 Å². The standard InChI is InChI=1S/C19H28N2O4/c1-5-6-17(22)20-9-11-21(12-10-20)18(23)13-15-7-8-16(24-3)14(2)19(15)25-4/h7-8H,5-6,9-13H2,1-4H3. The molecule has 0 radical (unpaired) electrons. The van der Waals surface area contributed by atoms with Crippen LogP contribution in [0.5, 0.6) is 11.5 Å². The zero-order chi connectivity index (χ0) is 18.4. The largest absolute Gasteiger partial charge is 0.496 e. The normalized spacial score (nSPS) is 14.4. The van der Waals surface area contributed by atoms with Gasteiger partial charge in [0.2, 0.25) is 11.8 Å². The van der Waals surface area contributed by atoms with Crippen molar-refractivity contribution >= 4 is 11.8 Å². The molecule has 1 aromatic rings. The van der Waals surface area contributed by atoms with Gasteiger partial charge in [0.05, 0.1) is 20.6 Å². The van der Waals surface area contributed by atoms with Crippen molar-refractivity contribution in [1.82, 2.24) is 9.80 Å². The van der Waals surface area contributed by atoms with Gasteiger partial charge in [-0.25, -0.2) is 0 Å². The number of carbonyl (C=O) groups excluding carboxylic acids is 2. The third kappa shape index (κ3) is 4.44. The van der Waals surface area contributed by atoms with Crippen molar-refractivity contribution in [2.45, 2.75) is 33.1 Å². The topological polar surface area (TPSA) is 59.1 Å². The molecule has 2 amide bonds. The summed E-state index contributed by atoms with van der Waals surface area (Å²) in [5, 5.41) is 0. The molecule has 0 aromatic heterocycles. The quantitative estimate of drug-likeness (QED) is 0.789. The molecule has 25 heavy (non-hydrogen) atoms. The molecule has 1 saturated heterocycles. The number of methoxy groups -OCH3 is 2. The summed E-state index contributed by atoms with van der Waals surface area (Å²) in [5.41, 5.74) is 1.75. The highest BCUT2D eigenvalue weighted by Crippen LogP contribution is 2.31. The Labute approximate surface area is 149 Å². The second-order valence-corrected chi connectivity index (χ2v) is 6.27. The summed E-state index contributed by atoms with van der Waals surface area (Å²) >= 11 is 0. The predicted molar refractivity (Wildman–Crippen MR) is 96.1 cm³/mol. The Kier molecular flexibility index (Phi) is 6.67. The van der Waals surface area contributed by atoms with Crippen LogP contribution in [-0.4, -0.2) is 62.0 Å². The molecule has 1 aliphatic heterocycles. The lowest BCUT2D eigenvalue weighted by atomic mass is 10.0. The van der Waals surface area contributed by atoms with Crippen molar-refractivity contribution < 1.29 is 19.1 Å². The third-order valence-corrected chi connectivity index (χ3v) is 4.65. The zero-order valence-electron chi connectivity index (χ0n) is 15.6. The average molecular weight is 348 g/mol. The Morgan fingerprint density at radius 2 is 1.60 bits per heavy atom. The van der Waals surface area contributed by atoms with Crippen molar-refractivity contribution in [3.05, 3.63) is 23.3 Å². The van der Waals surface area contributed by atoms with Gasteiger partial charge in [-0.1, -0.05) is 13.0 Å². The Balaban J connectivity index is 1.99. The number of rotatable bonds is 6. The first-order chi connectivity index (χ1) is 12.0. The van der Waals surface area contributed by atoms with E-state index in [2.05, 4.69) is 0 Å². The highest BCUT2D eigenvalue weighted by molar-refractivity contribution is 5.81. The van der Waals surface area contributed by atoms with E-state index in [1.54, 1.807) is 14.2 Å². The minimum absolute atomic E-state index is 0.0606. The fourth-order valence-corrected chi connectivity index (χ4v) is 3.23. The molecule has 1 aromatic carbocycles. The summed E-state index contributed by atoms with van der Waals surface area (Å²) in [6.07, 6.45) is 1.72. The molecular weight excluding hydrogens is 320 g/mol. The van der Waals surface area contributed by atoms with E-state index in [-0.39, 0.29) is 18.2 Å². The Hall–Kier alpha value is -2.24. The number of amides is 2. The summed E-state index contributed by atoms with van der Waals surface area (Å²) in [5.74, 6) is 1.69. The van der Waals surface area contributed by atoms with Gasteiger partial charge >= 0.3 is 0 Å². The molecule has 0 unspecified atom stereocenters. The summed E-state index contributed by atoms with van der Waals surface area (Å²) in [6.45, 7) is 6.33. The van der Waals surface area contributed by atoms with Gasteiger partial charge in [0.25, 0.3) is 0 Å². The Morgan fingerprint density at radius 1 is 1.00 bits per heavy atom. The fourth-order valence-electron chi connectivity index (χ4n) is 3.23. The van der Waals surface area contributed by atoms with Gasteiger partial charge in [0.15, 0.2) is 0 Å². The number of piperazine rings is 1. The van der Waals surface area contributed by atoms with E-state index in [1.165, 1.54) is 0 Å². The van der Waals surface area contributed by atoms with Crippen LogP contribution in [0.25, 0.3) is 0 Å². The van der Waals surface area contributed by atoms with Crippen LogP contribution in [0, 0.1) is 6.92 Å². The summed E-state index contributed by atoms with van der Waals surface area (Å²) in [7, 11) is 3.22. The van der Waals surface area contributed by atoms with Crippen LogP contribution in [0.15, 0.2) is 12.1 Å². The molecule has 6 nitrogen and oxygen atoms in total. The Bertz CT molecular complexity index is 622. The number of ether oxygens (including phenoxy) is 2. The van der Waals surface area contributed by atoms with Crippen molar-refractivity contribution in [2.24, 2.45) is 0 Å². The first-order valence-electron chi connectivity index (χ1n) is 8.77. The minimum atomic E-state index is 0.0606. The number of nitrogens with zero attached hydrogens (tertiary/aromatic N) is 2. The van der Waals surface area contributed by atoms with Crippen LogP contribution < -0.4 is 9.47 Å². The lowest BCUT2D eigenvalue weighted by Crippen LogP contribution is -2.50. The lowest BCUT2D eigenvalue weighted by molar-refractivity contribution is -0.139. The van der Waals surface area contributed by atoms with E-state index in [0.717, 1.165) is 23.3 Å². The van der Waals surface area contributed by atoms with Crippen molar-refractivity contribution in [1.29, 1.82) is 0 Å². The molecule has 0 spiro atoms. The van der Waals surface area contributed by atoms with Crippen molar-refractivity contribution in [2.75, 3.05) is 40.4 Å². The average Bonchev–Trinajstić information content (AvgIpc) is 2.62. The molecule has 0 saturated carbocycles. The minimum Gasteiger partial charge on any atom is -0.496 e. The molecule has 1 aliphatic rings. The molecule has 138 valence electrons. The molecule has 0 bridgehead atoms. The second kappa shape index (κ2) is 8.74. The molecule has 1 fully saturated rings. The predicted octanol–water partition coefficient (Wildman–Crippen LogP) is 2.03. The molecular formula is C19H28N2O4. The summed E-state index contributed by atoms with van der Waals surface area (Å²) < 4.78 is 10.8. The van der Waals surface area contributed by atoms with E-state index in [0.29, 0.717) is 38.3 Å². The van der Waals surface area contributed by atoms with Crippen LogP contribution in [0.2, 0.25) is 0 Å². The van der Waals surface area contributed by atoms with E-state index in [9.17, 15) is 9.59 Å². The van der Waals surface area contributed by atoms with Gasteiger partial charge in [0.1, 0.15) is 11.5 Å². The number of hydrogen-bond donors (Lipinski definition) is 0. The van der Waals surface area contributed by atoms with Crippen molar-refractivity contribution in [3.8, 4) is 11.5 Å². The summed E-state index contributed by atoms with van der Waals surface area (Å²) in [4.78, 5) is 28.3. The van der Waals surface area contributed by atoms with E-state index in [4.69, 9.17) is 9.47 Å². The maximum absolute atomic E-state index is 12.6. The lowest BCUT2D eigenvalue weighted by Gasteiger charge is -2.35. The van der Waals surface area contributed by atoms with Crippen LogP contribution in [0.1, 0.15) is 30.9 Å². The van der Waals surface area contributed by atoms with E-state index >= 15 is 0 Å². The third-order valence-electron chi connectivity index (χ3n) is 4.65. The van der Waals surface area contributed by atoms with E-state index < -0.39 is 0 Å². The van der Waals surface area contributed by atoms with Crippen LogP contribution in [0.3, 0.4) is 0 Å². The maximum atomic E-state index is 12.6. The summed E-state index contributed by atoms with van der Waals surface area (Å²) in [6, 6.07) is 3.74. The molecule has 1 heterocycles. The Morgan fingerprint density at radius 3 is 2.12 bits per heavy atom. The monoisotopic (exact) mass is 348 g/mol. The number of benzene rings is 1. The SMILES string of the molecule is CCCC(=O)N1CCN(C(=O)Cc2ccc(OC)c(C)c2OC)CC1. The molecule has 0 atom stereocenters. The van der Waals surface area contributed by atoms with Gasteiger partial charge in [-0.2, -0.15) is 0 Å². The van der Waals surface area contributed by atoms with Crippen LogP contribution in [0.4, 0.5) is 0 Å². The molecule has 6 heteroatoms. The van der Waals surface area contributed by atoms with Gasteiger partial charge < -0.3 is 19.3 Å². The zero-order valence-corrected chi connectivity index (χ0v) is 15.6. The molecule has 2 rings (SSSR count). The first-order valence-corrected chi connectivity index (χ1v) is 8.77. The maximum Gasteiger partial charge on any atom is 0.227 e. The number of hydrogen-bond acceptors (Lipinski definition) is 4. The molecule has 0 N–H and O–H groups in total. The van der Waals surface area contributed by atoms with Crippen molar-refractivity contribution in [3.63, 3.8) is 0 Å². The van der Waals surface area contributed by atoms with Crippen LogP contribution in [-0.2, 0) is 16.0 Å². The second-order valence-electron chi connectivity index (χ2n) is 6.27. The highest BCUT2D eigenvalue weighted by atomic mass is 16.5. The fraction of sp³-hybridized carbons (Fsp3) is 0.579. The van der Waals surface area contributed by atoms with Gasteiger partial charge in [-0.3, -0.25) is 9.59 Å². The first kappa shape index (κ1) is 19.1. The van der Waals surface area contributed by atoms with Gasteiger partial charge in [-0.15, -0.1) is 0 Å². The smallest absolute Gasteiger partial charge is 0.227 e. The van der Waals surface area contributed by atoms with Gasteiger partial charge in [0, 0.05) is 43.7 Å². The van der Waals surface area contributed by atoms with E-state index in [1.807, 2.05) is 35.8 Å².